The van der Waals surface area contributed by atoms with Gasteiger partial charge in [-0.25, -0.2) is 9.78 Å². The normalized spacial score (nSPS) is 10.2. The van der Waals surface area contributed by atoms with Gasteiger partial charge in [0, 0.05) is 18.0 Å². The van der Waals surface area contributed by atoms with Crippen LogP contribution >= 0.6 is 23.2 Å². The van der Waals surface area contributed by atoms with Crippen molar-refractivity contribution >= 4 is 40.7 Å². The second-order valence-corrected chi connectivity index (χ2v) is 4.84. The monoisotopic (exact) mass is 341 g/mol. The molecule has 0 saturated carbocycles. The lowest BCUT2D eigenvalue weighted by atomic mass is 10.2. The Morgan fingerprint density at radius 1 is 1.36 bits per heavy atom. The van der Waals surface area contributed by atoms with E-state index in [9.17, 15) is 4.79 Å². The lowest BCUT2D eigenvalue weighted by Crippen LogP contribution is -2.10. The Bertz CT molecular complexity index is 695. The number of benzene rings is 1. The van der Waals surface area contributed by atoms with Gasteiger partial charge in [0.25, 0.3) is 0 Å². The average Bonchev–Trinajstić information content (AvgIpc) is 2.49. The quantitative estimate of drug-likeness (QED) is 0.660. The maximum Gasteiger partial charge on any atom is 0.343 e. The number of ether oxygens (including phenoxy) is 2. The van der Waals surface area contributed by atoms with E-state index in [0.717, 1.165) is 0 Å². The fourth-order valence-electron chi connectivity index (χ4n) is 1.69. The summed E-state index contributed by atoms with van der Waals surface area (Å²) in [6.07, 6.45) is 1.31. The summed E-state index contributed by atoms with van der Waals surface area (Å²) in [5.41, 5.74) is 0.807. The Hall–Kier alpha value is -2.05. The fourth-order valence-corrected chi connectivity index (χ4v) is 2.02. The van der Waals surface area contributed by atoms with Crippen molar-refractivity contribution in [1.82, 2.24) is 9.97 Å². The van der Waals surface area contributed by atoms with Crippen LogP contribution in [0, 0.1) is 0 Å². The lowest BCUT2D eigenvalue weighted by molar-refractivity contribution is 0.0526. The molecule has 22 heavy (non-hydrogen) atoms. The van der Waals surface area contributed by atoms with Crippen LogP contribution in [-0.4, -0.2) is 29.7 Å². The van der Waals surface area contributed by atoms with E-state index in [1.807, 2.05) is 0 Å². The first-order valence-corrected chi connectivity index (χ1v) is 7.11. The molecule has 0 radical (unpaired) electrons. The van der Waals surface area contributed by atoms with Gasteiger partial charge in [0.2, 0.25) is 5.28 Å². The van der Waals surface area contributed by atoms with Crippen LogP contribution in [-0.2, 0) is 4.74 Å². The van der Waals surface area contributed by atoms with E-state index < -0.39 is 5.97 Å². The van der Waals surface area contributed by atoms with Crippen molar-refractivity contribution in [2.24, 2.45) is 0 Å². The summed E-state index contributed by atoms with van der Waals surface area (Å²) in [5, 5.41) is 3.46. The first kappa shape index (κ1) is 16.3. The molecule has 0 unspecified atom stereocenters. The van der Waals surface area contributed by atoms with Gasteiger partial charge >= 0.3 is 5.97 Å². The van der Waals surface area contributed by atoms with Gasteiger partial charge in [-0.05, 0) is 30.7 Å². The van der Waals surface area contributed by atoms with Gasteiger partial charge in [-0.2, -0.15) is 4.98 Å². The number of nitrogens with zero attached hydrogens (tertiary/aromatic N) is 2. The zero-order valence-corrected chi connectivity index (χ0v) is 13.4. The molecule has 6 nitrogen and oxygen atoms in total. The highest BCUT2D eigenvalue weighted by molar-refractivity contribution is 6.32. The molecule has 8 heteroatoms. The van der Waals surface area contributed by atoms with Gasteiger partial charge in [0.1, 0.15) is 17.1 Å². The highest BCUT2D eigenvalue weighted by atomic mass is 35.5. The molecule has 0 aliphatic rings. The van der Waals surface area contributed by atoms with E-state index in [-0.39, 0.29) is 23.3 Å². The Kier molecular flexibility index (Phi) is 5.41. The average molecular weight is 342 g/mol. The van der Waals surface area contributed by atoms with Crippen molar-refractivity contribution in [2.45, 2.75) is 6.92 Å². The third-order valence-corrected chi connectivity index (χ3v) is 3.16. The number of carbonyl (C=O) groups is 1. The number of rotatable bonds is 5. The predicted octanol–water partition coefficient (Wildman–Crippen LogP) is 3.71. The molecule has 0 spiro atoms. The van der Waals surface area contributed by atoms with E-state index in [0.29, 0.717) is 16.5 Å². The lowest BCUT2D eigenvalue weighted by Gasteiger charge is -2.11. The van der Waals surface area contributed by atoms with Gasteiger partial charge in [0.15, 0.2) is 0 Å². The molecule has 1 heterocycles. The molecule has 0 atom stereocenters. The van der Waals surface area contributed by atoms with Crippen LogP contribution in [0.1, 0.15) is 17.3 Å². The van der Waals surface area contributed by atoms with E-state index in [2.05, 4.69) is 15.3 Å². The smallest absolute Gasteiger partial charge is 0.343 e. The van der Waals surface area contributed by atoms with Gasteiger partial charge < -0.3 is 14.8 Å². The second kappa shape index (κ2) is 7.29. The molecule has 2 rings (SSSR count). The molecular weight excluding hydrogens is 329 g/mol. The predicted molar refractivity (Wildman–Crippen MR) is 84.3 cm³/mol. The summed E-state index contributed by atoms with van der Waals surface area (Å²) < 4.78 is 10.1. The van der Waals surface area contributed by atoms with Crippen molar-refractivity contribution in [3.8, 4) is 5.75 Å². The Balaban J connectivity index is 2.36. The van der Waals surface area contributed by atoms with E-state index in [4.69, 9.17) is 32.7 Å². The van der Waals surface area contributed by atoms with E-state index >= 15 is 0 Å². The number of esters is 1. The second-order valence-electron chi connectivity index (χ2n) is 4.10. The standard InChI is InChI=1S/C14H13Cl2N3O3/c1-3-22-13(20)9-7-17-14(16)19-12(9)18-8-4-5-10(15)11(6-8)21-2/h4-7H,3H2,1-2H3,(H,17,18,19). The minimum atomic E-state index is -0.539. The number of methoxy groups -OCH3 is 1. The maximum absolute atomic E-state index is 11.9. The molecule has 0 saturated heterocycles. The number of halogens is 2. The molecular formula is C14H13Cl2N3O3. The minimum absolute atomic E-state index is 0.0106. The fraction of sp³-hybridized carbons (Fsp3) is 0.214. The van der Waals surface area contributed by atoms with Crippen molar-refractivity contribution in [2.75, 3.05) is 19.0 Å². The van der Waals surface area contributed by atoms with Crippen molar-refractivity contribution in [1.29, 1.82) is 0 Å². The van der Waals surface area contributed by atoms with Gasteiger partial charge in [-0.15, -0.1) is 0 Å². The zero-order valence-electron chi connectivity index (χ0n) is 11.9. The Morgan fingerprint density at radius 2 is 2.14 bits per heavy atom. The Labute approximate surface area is 137 Å². The third-order valence-electron chi connectivity index (χ3n) is 2.67. The zero-order chi connectivity index (χ0) is 16.1. The van der Waals surface area contributed by atoms with Crippen LogP contribution in [0.2, 0.25) is 10.3 Å². The van der Waals surface area contributed by atoms with Crippen molar-refractivity contribution in [3.63, 3.8) is 0 Å². The van der Waals surface area contributed by atoms with Crippen LogP contribution in [0.3, 0.4) is 0 Å². The van der Waals surface area contributed by atoms with Crippen molar-refractivity contribution < 1.29 is 14.3 Å². The number of hydrogen-bond donors (Lipinski definition) is 1. The number of anilines is 2. The minimum Gasteiger partial charge on any atom is -0.495 e. The molecule has 0 aliphatic carbocycles. The summed E-state index contributed by atoms with van der Waals surface area (Å²) in [6.45, 7) is 1.96. The van der Waals surface area contributed by atoms with Crippen LogP contribution < -0.4 is 10.1 Å². The first-order valence-electron chi connectivity index (χ1n) is 6.35. The third kappa shape index (κ3) is 3.78. The van der Waals surface area contributed by atoms with Gasteiger partial charge in [-0.1, -0.05) is 11.6 Å². The number of aromatic nitrogens is 2. The number of hydrogen-bond acceptors (Lipinski definition) is 6. The maximum atomic E-state index is 11.9. The molecule has 0 bridgehead atoms. The molecule has 0 fully saturated rings. The molecule has 1 aromatic heterocycles. The van der Waals surface area contributed by atoms with Crippen molar-refractivity contribution in [3.05, 3.63) is 40.3 Å². The highest BCUT2D eigenvalue weighted by Crippen LogP contribution is 2.29. The molecule has 116 valence electrons. The largest absolute Gasteiger partial charge is 0.495 e. The SMILES string of the molecule is CCOC(=O)c1cnc(Cl)nc1Nc1ccc(Cl)c(OC)c1. The highest BCUT2D eigenvalue weighted by Gasteiger charge is 2.16. The summed E-state index contributed by atoms with van der Waals surface area (Å²) >= 11 is 11.8. The topological polar surface area (TPSA) is 73.3 Å². The molecule has 0 aliphatic heterocycles. The number of nitrogens with one attached hydrogen (secondary N) is 1. The van der Waals surface area contributed by atoms with E-state index in [1.165, 1.54) is 13.3 Å². The van der Waals surface area contributed by atoms with Crippen LogP contribution in [0.5, 0.6) is 5.75 Å². The summed E-state index contributed by atoms with van der Waals surface area (Å²) in [6, 6.07) is 5.05. The van der Waals surface area contributed by atoms with Crippen LogP contribution in [0.25, 0.3) is 0 Å². The molecule has 1 N–H and O–H groups in total. The number of carbonyl (C=O) groups excluding carboxylic acids is 1. The van der Waals surface area contributed by atoms with Gasteiger partial charge in [-0.3, -0.25) is 0 Å². The van der Waals surface area contributed by atoms with Gasteiger partial charge in [0.05, 0.1) is 18.7 Å². The Morgan fingerprint density at radius 3 is 2.82 bits per heavy atom. The summed E-state index contributed by atoms with van der Waals surface area (Å²) in [5.74, 6) is 0.190. The first-order chi connectivity index (χ1) is 10.5. The molecule has 2 aromatic rings. The summed E-state index contributed by atoms with van der Waals surface area (Å²) in [7, 11) is 1.51. The van der Waals surface area contributed by atoms with E-state index in [1.54, 1.807) is 25.1 Å². The molecule has 0 amide bonds. The summed E-state index contributed by atoms with van der Waals surface area (Å²) in [4.78, 5) is 19.7. The van der Waals surface area contributed by atoms with Crippen LogP contribution in [0.4, 0.5) is 11.5 Å². The van der Waals surface area contributed by atoms with Crippen LogP contribution in [0.15, 0.2) is 24.4 Å². The molecule has 1 aromatic carbocycles.